The van der Waals surface area contributed by atoms with Crippen molar-refractivity contribution >= 4 is 7.82 Å². The van der Waals surface area contributed by atoms with Crippen molar-refractivity contribution < 1.29 is 37.8 Å². The molecule has 208 valence electrons. The van der Waals surface area contributed by atoms with Gasteiger partial charge in [0.15, 0.2) is 0 Å². The number of aromatic nitrogens is 4. The lowest BCUT2D eigenvalue weighted by molar-refractivity contribution is -0.0605. The molecule has 7 atom stereocenters. The highest BCUT2D eigenvalue weighted by Crippen LogP contribution is 2.53. The predicted octanol–water partition coefficient (Wildman–Crippen LogP) is -1.59. The molecule has 4 bridgehead atoms. The third kappa shape index (κ3) is 5.26. The molecule has 3 aliphatic rings. The molecule has 0 aliphatic carbocycles. The van der Waals surface area contributed by atoms with E-state index in [0.29, 0.717) is 0 Å². The van der Waals surface area contributed by atoms with E-state index in [1.807, 2.05) is 0 Å². The third-order valence-corrected chi connectivity index (χ3v) is 8.15. The number of hydrogen-bond donors (Lipinski definition) is 4. The molecule has 3 aliphatic heterocycles. The van der Waals surface area contributed by atoms with Gasteiger partial charge in [-0.25, -0.2) is 14.2 Å². The number of nitrogens with zero attached hydrogens (tertiary/aromatic N) is 2. The second-order valence-electron chi connectivity index (χ2n) is 9.25. The molecular weight excluding hydrogens is 531 g/mol. The van der Waals surface area contributed by atoms with E-state index in [9.17, 15) is 34.0 Å². The first-order valence-corrected chi connectivity index (χ1v) is 13.4. The van der Waals surface area contributed by atoms with Crippen LogP contribution in [0.15, 0.2) is 31.6 Å². The zero-order valence-corrected chi connectivity index (χ0v) is 21.1. The minimum Gasteiger partial charge on any atom is -0.394 e. The van der Waals surface area contributed by atoms with Crippen molar-refractivity contribution in [1.29, 1.82) is 0 Å². The maximum atomic E-state index is 13.6. The molecule has 2 saturated heterocycles. The average molecular weight is 558 g/mol. The minimum atomic E-state index is -4.40. The Morgan fingerprint density at radius 1 is 1.03 bits per heavy atom. The van der Waals surface area contributed by atoms with Crippen molar-refractivity contribution in [3.63, 3.8) is 0 Å². The summed E-state index contributed by atoms with van der Waals surface area (Å²) in [5, 5.41) is 20.3. The van der Waals surface area contributed by atoms with E-state index in [1.165, 1.54) is 23.9 Å². The number of phosphoric ester groups is 1. The Hall–Kier alpha value is -2.69. The summed E-state index contributed by atoms with van der Waals surface area (Å²) in [6, 6.07) is 0. The lowest BCUT2D eigenvalue weighted by atomic mass is 10.2. The Bertz CT molecular complexity index is 1480. The lowest BCUT2D eigenvalue weighted by Crippen LogP contribution is -2.35. The van der Waals surface area contributed by atoms with Crippen molar-refractivity contribution in [2.75, 3.05) is 19.8 Å². The van der Waals surface area contributed by atoms with Crippen LogP contribution in [0, 0.1) is 6.92 Å². The van der Waals surface area contributed by atoms with Gasteiger partial charge >= 0.3 is 19.2 Å². The lowest BCUT2D eigenvalue weighted by Gasteiger charge is -2.25. The zero-order valence-electron chi connectivity index (χ0n) is 20.2. The van der Waals surface area contributed by atoms with Crippen LogP contribution in [-0.4, -0.2) is 73.6 Å². The molecule has 0 unspecified atom stereocenters. The predicted molar refractivity (Wildman–Crippen MR) is 126 cm³/mol. The number of aromatic amines is 2. The van der Waals surface area contributed by atoms with Crippen molar-refractivity contribution in [3.05, 3.63) is 65.2 Å². The number of aryl methyl sites for hydroxylation is 1. The first kappa shape index (κ1) is 26.9. The number of ether oxygens (including phenoxy) is 2. The molecule has 2 aromatic heterocycles. The normalized spacial score (nSPS) is 33.6. The van der Waals surface area contributed by atoms with Crippen LogP contribution in [0.2, 0.25) is 0 Å². The molecule has 4 N–H and O–H groups in total. The van der Waals surface area contributed by atoms with Gasteiger partial charge in [-0.3, -0.25) is 42.3 Å². The van der Waals surface area contributed by atoms with Crippen LogP contribution in [0.25, 0.3) is 0 Å². The highest BCUT2D eigenvalue weighted by Gasteiger charge is 2.44. The van der Waals surface area contributed by atoms with Gasteiger partial charge in [-0.05, 0) is 6.92 Å². The summed E-state index contributed by atoms with van der Waals surface area (Å²) < 4.78 is 44.0. The van der Waals surface area contributed by atoms with Crippen LogP contribution in [0.5, 0.6) is 0 Å². The zero-order chi connectivity index (χ0) is 27.2. The van der Waals surface area contributed by atoms with E-state index < -0.39 is 80.4 Å². The summed E-state index contributed by atoms with van der Waals surface area (Å²) >= 11 is 0. The van der Waals surface area contributed by atoms with Gasteiger partial charge in [0.1, 0.15) is 30.8 Å². The number of aliphatic hydroxyl groups excluding tert-OH is 2. The smallest absolute Gasteiger partial charge is 0.394 e. The van der Waals surface area contributed by atoms with Gasteiger partial charge in [0.25, 0.3) is 11.1 Å². The largest absolute Gasteiger partial charge is 0.475 e. The number of nitrogens with one attached hydrogen (secondary N) is 2. The molecule has 5 rings (SSSR count). The topological polar surface area (TPSA) is 213 Å². The molecule has 0 radical (unpaired) electrons. The molecule has 0 amide bonds. The van der Waals surface area contributed by atoms with Crippen LogP contribution in [0.1, 0.15) is 36.4 Å². The van der Waals surface area contributed by atoms with E-state index in [2.05, 4.69) is 9.97 Å². The first-order chi connectivity index (χ1) is 18.1. The van der Waals surface area contributed by atoms with Gasteiger partial charge in [0.2, 0.25) is 0 Å². The van der Waals surface area contributed by atoms with Crippen molar-refractivity contribution in [1.82, 2.24) is 19.1 Å². The van der Waals surface area contributed by atoms with E-state index in [-0.39, 0.29) is 37.0 Å². The molecule has 0 aromatic carbocycles. The molecule has 5 heterocycles. The van der Waals surface area contributed by atoms with Gasteiger partial charge in [0, 0.05) is 42.8 Å². The number of phosphoric acid groups is 1. The fourth-order valence-corrected chi connectivity index (χ4v) is 5.99. The summed E-state index contributed by atoms with van der Waals surface area (Å²) in [4.78, 5) is 52.9. The summed E-state index contributed by atoms with van der Waals surface area (Å²) in [6.45, 7) is 0.241. The van der Waals surface area contributed by atoms with E-state index >= 15 is 0 Å². The number of hydrogen-bond acceptors (Lipinski definition) is 12. The summed E-state index contributed by atoms with van der Waals surface area (Å²) in [6.07, 6.45) is -3.50. The molecule has 2 fully saturated rings. The van der Waals surface area contributed by atoms with Crippen LogP contribution >= 0.6 is 7.82 Å². The maximum Gasteiger partial charge on any atom is 0.475 e. The standard InChI is InChI=1S/C21H27N4O12P/c1-10-6-24(20(30)22-18(10)28)17-5-13(14(8-26)35-17)37-38(32)33-3-2-11-7-25(21(31)23-19(11)29)16-4-12(27)15(36-16)9-34-38/h6-7,12-17,26-27H,2-5,8-9H2,1H3,(H,22,28,30)(H,23,29,31)/t12-,13-,14+,15+,16+,17+,38-/m0/s1. The Kier molecular flexibility index (Phi) is 7.41. The van der Waals surface area contributed by atoms with Crippen LogP contribution in [0.3, 0.4) is 0 Å². The second kappa shape index (κ2) is 10.5. The van der Waals surface area contributed by atoms with Crippen LogP contribution in [-0.2, 0) is 34.0 Å². The molecule has 0 saturated carbocycles. The summed E-state index contributed by atoms with van der Waals surface area (Å²) in [5.41, 5.74) is -2.25. The molecule has 17 heteroatoms. The van der Waals surface area contributed by atoms with E-state index in [4.69, 9.17) is 23.0 Å². The second-order valence-corrected chi connectivity index (χ2v) is 10.9. The van der Waals surface area contributed by atoms with Gasteiger partial charge < -0.3 is 19.7 Å². The fourth-order valence-electron chi connectivity index (χ4n) is 4.60. The minimum absolute atomic E-state index is 0.0174. The monoisotopic (exact) mass is 558 g/mol. The Balaban J connectivity index is 1.39. The van der Waals surface area contributed by atoms with Crippen molar-refractivity contribution in [2.45, 2.75) is 63.1 Å². The van der Waals surface area contributed by atoms with Crippen LogP contribution < -0.4 is 22.5 Å². The highest BCUT2D eigenvalue weighted by atomic mass is 31.2. The SMILES string of the molecule is Cc1cn([C@H]2C[C@H](O[P@@]3(=O)OCCc4cn(c(=O)[nH]c4=O)[C@H]4C[C@H](O)[C@@H](CO3)O4)[C@@H](CO)O2)c(=O)[nH]c1=O. The Labute approximate surface area is 213 Å². The van der Waals surface area contributed by atoms with Crippen molar-refractivity contribution in [3.8, 4) is 0 Å². The third-order valence-electron chi connectivity index (χ3n) is 6.65. The Morgan fingerprint density at radius 2 is 1.71 bits per heavy atom. The summed E-state index contributed by atoms with van der Waals surface area (Å²) in [5.74, 6) is 0. The van der Waals surface area contributed by atoms with Crippen LogP contribution in [0.4, 0.5) is 0 Å². The number of aliphatic hydroxyl groups is 2. The average Bonchev–Trinajstić information content (AvgIpc) is 3.43. The number of H-pyrrole nitrogens is 2. The molecule has 38 heavy (non-hydrogen) atoms. The van der Waals surface area contributed by atoms with Gasteiger partial charge in [-0.2, -0.15) is 0 Å². The van der Waals surface area contributed by atoms with E-state index in [1.54, 1.807) is 0 Å². The molecule has 2 aromatic rings. The molecule has 16 nitrogen and oxygen atoms in total. The maximum absolute atomic E-state index is 13.6. The first-order valence-electron chi connectivity index (χ1n) is 11.9. The quantitative estimate of drug-likeness (QED) is 0.313. The molecule has 0 spiro atoms. The van der Waals surface area contributed by atoms with Gasteiger partial charge in [0.05, 0.1) is 25.9 Å². The summed E-state index contributed by atoms with van der Waals surface area (Å²) in [7, 11) is -4.40. The van der Waals surface area contributed by atoms with Gasteiger partial charge in [-0.1, -0.05) is 0 Å². The van der Waals surface area contributed by atoms with E-state index in [0.717, 1.165) is 4.57 Å². The highest BCUT2D eigenvalue weighted by molar-refractivity contribution is 7.48. The number of fused-ring (bicyclic) bond motifs is 5. The van der Waals surface area contributed by atoms with Crippen molar-refractivity contribution in [2.24, 2.45) is 0 Å². The Morgan fingerprint density at radius 3 is 2.45 bits per heavy atom. The molecular formula is C21H27N4O12P. The van der Waals surface area contributed by atoms with Gasteiger partial charge in [-0.15, -0.1) is 0 Å². The fraction of sp³-hybridized carbons (Fsp3) is 0.619. The number of rotatable bonds is 4.